The van der Waals surface area contributed by atoms with Crippen LogP contribution in [0.3, 0.4) is 0 Å². The Balaban J connectivity index is 2.89. The fourth-order valence-corrected chi connectivity index (χ4v) is 2.54. The number of aliphatic hydroxyl groups excluding tert-OH is 1. The van der Waals surface area contributed by atoms with E-state index in [0.717, 1.165) is 11.3 Å². The van der Waals surface area contributed by atoms with Crippen LogP contribution in [0.5, 0.6) is 0 Å². The summed E-state index contributed by atoms with van der Waals surface area (Å²) in [6.45, 7) is 7.56. The van der Waals surface area contributed by atoms with Crippen LogP contribution < -0.4 is 5.32 Å². The number of thioether (sulfide) groups is 1. The van der Waals surface area contributed by atoms with Crippen molar-refractivity contribution in [1.82, 2.24) is 5.32 Å². The number of amides is 1. The molecule has 0 fully saturated rings. The van der Waals surface area contributed by atoms with Crippen molar-refractivity contribution in [2.75, 3.05) is 6.61 Å². The van der Waals surface area contributed by atoms with Gasteiger partial charge in [0.05, 0.1) is 12.6 Å². The van der Waals surface area contributed by atoms with Gasteiger partial charge in [0.1, 0.15) is 0 Å². The number of amidine groups is 1. The van der Waals surface area contributed by atoms with Gasteiger partial charge in [-0.05, 0) is 17.4 Å². The molecule has 0 aliphatic carbocycles. The minimum Gasteiger partial charge on any atom is -0.395 e. The lowest BCUT2D eigenvalue weighted by Gasteiger charge is -2.29. The molecule has 1 aliphatic rings. The highest BCUT2D eigenvalue weighted by molar-refractivity contribution is 8.17. The summed E-state index contributed by atoms with van der Waals surface area (Å²) in [5, 5.41) is 12.7. The molecule has 0 aromatic heterocycles. The van der Waals surface area contributed by atoms with Gasteiger partial charge in [0, 0.05) is 12.3 Å². The number of nitrogens with one attached hydrogen (secondary N) is 1. The quantitative estimate of drug-likeness (QED) is 0.811. The molecule has 5 heteroatoms. The number of rotatable bonds is 3. The number of aliphatic imine (C=N–C) groups is 1. The second kappa shape index (κ2) is 5.69. The van der Waals surface area contributed by atoms with Crippen molar-refractivity contribution in [1.29, 1.82) is 0 Å². The minimum absolute atomic E-state index is 0.0790. The number of nitrogens with zero attached hydrogens (tertiary/aromatic N) is 1. The lowest BCUT2D eigenvalue weighted by atomic mass is 9.92. The number of hydrogen-bond donors (Lipinski definition) is 2. The summed E-state index contributed by atoms with van der Waals surface area (Å²) < 4.78 is 0. The van der Waals surface area contributed by atoms with Gasteiger partial charge in [0.25, 0.3) is 0 Å². The third-order valence-corrected chi connectivity index (χ3v) is 3.91. The largest absolute Gasteiger partial charge is 0.395 e. The van der Waals surface area contributed by atoms with Crippen LogP contribution in [0.25, 0.3) is 0 Å². The van der Waals surface area contributed by atoms with Crippen molar-refractivity contribution in [2.45, 2.75) is 40.2 Å². The van der Waals surface area contributed by atoms with E-state index in [-0.39, 0.29) is 24.0 Å². The monoisotopic (exact) mass is 256 g/mol. The average molecular weight is 256 g/mol. The molecule has 0 aromatic carbocycles. The Morgan fingerprint density at radius 3 is 2.76 bits per heavy atom. The molecule has 17 heavy (non-hydrogen) atoms. The summed E-state index contributed by atoms with van der Waals surface area (Å²) in [7, 11) is 0. The molecule has 4 nitrogen and oxygen atoms in total. The summed E-state index contributed by atoms with van der Waals surface area (Å²) in [4.78, 5) is 16.5. The minimum atomic E-state index is -0.294. The van der Waals surface area contributed by atoms with Crippen LogP contribution in [0.2, 0.25) is 0 Å². The first kappa shape index (κ1) is 14.3. The summed E-state index contributed by atoms with van der Waals surface area (Å²) in [5.74, 6) is -0.117. The Kier molecular flexibility index (Phi) is 4.77. The topological polar surface area (TPSA) is 61.7 Å². The molecule has 1 amide bonds. The van der Waals surface area contributed by atoms with Crippen molar-refractivity contribution >= 4 is 22.8 Å². The van der Waals surface area contributed by atoms with E-state index in [1.54, 1.807) is 0 Å². The SMILES string of the molecule is CCC1C=C(C(C)(C)CO)SC(NC(C)=O)=N1. The highest BCUT2D eigenvalue weighted by Gasteiger charge is 2.28. The van der Waals surface area contributed by atoms with Crippen molar-refractivity contribution in [2.24, 2.45) is 10.4 Å². The Labute approximate surface area is 107 Å². The average Bonchev–Trinajstić information content (AvgIpc) is 2.27. The zero-order valence-corrected chi connectivity index (χ0v) is 11.6. The highest BCUT2D eigenvalue weighted by Crippen LogP contribution is 2.38. The van der Waals surface area contributed by atoms with E-state index in [1.165, 1.54) is 18.7 Å². The second-order valence-corrected chi connectivity index (χ2v) is 5.80. The van der Waals surface area contributed by atoms with Gasteiger partial charge in [-0.1, -0.05) is 32.5 Å². The van der Waals surface area contributed by atoms with Crippen LogP contribution in [0.1, 0.15) is 34.1 Å². The van der Waals surface area contributed by atoms with Gasteiger partial charge in [-0.15, -0.1) is 0 Å². The molecule has 0 spiro atoms. The first-order valence-corrected chi connectivity index (χ1v) is 6.57. The van der Waals surface area contributed by atoms with Crippen molar-refractivity contribution < 1.29 is 9.90 Å². The molecule has 1 unspecified atom stereocenters. The van der Waals surface area contributed by atoms with Gasteiger partial charge in [0.2, 0.25) is 5.91 Å². The molecule has 1 rings (SSSR count). The first-order chi connectivity index (χ1) is 7.89. The molecule has 0 bridgehead atoms. The number of carbonyl (C=O) groups excluding carboxylic acids is 1. The van der Waals surface area contributed by atoms with E-state index in [9.17, 15) is 9.90 Å². The Morgan fingerprint density at radius 2 is 2.29 bits per heavy atom. The number of carbonyl (C=O) groups is 1. The van der Waals surface area contributed by atoms with Crippen LogP contribution in [0.4, 0.5) is 0 Å². The zero-order valence-electron chi connectivity index (χ0n) is 10.8. The van der Waals surface area contributed by atoms with E-state index in [0.29, 0.717) is 5.17 Å². The van der Waals surface area contributed by atoms with E-state index < -0.39 is 0 Å². The maximum absolute atomic E-state index is 11.1. The molecule has 0 radical (unpaired) electrons. The molecule has 1 atom stereocenters. The Morgan fingerprint density at radius 1 is 1.65 bits per heavy atom. The molecule has 0 saturated carbocycles. The molecular formula is C12H20N2O2S. The summed E-state index contributed by atoms with van der Waals surface area (Å²) in [5.41, 5.74) is -0.294. The second-order valence-electron chi connectivity index (χ2n) is 4.77. The molecule has 1 heterocycles. The van der Waals surface area contributed by atoms with Gasteiger partial charge < -0.3 is 10.4 Å². The van der Waals surface area contributed by atoms with Crippen LogP contribution >= 0.6 is 11.8 Å². The summed E-state index contributed by atoms with van der Waals surface area (Å²) in [6.07, 6.45) is 2.96. The van der Waals surface area contributed by atoms with E-state index in [2.05, 4.69) is 23.3 Å². The molecule has 2 N–H and O–H groups in total. The van der Waals surface area contributed by atoms with Crippen LogP contribution in [0.15, 0.2) is 16.0 Å². The Bertz CT molecular complexity index is 362. The summed E-state index contributed by atoms with van der Waals surface area (Å²) >= 11 is 1.43. The third-order valence-electron chi connectivity index (χ3n) is 2.60. The number of aliphatic hydroxyl groups is 1. The van der Waals surface area contributed by atoms with Gasteiger partial charge in [0.15, 0.2) is 5.17 Å². The zero-order chi connectivity index (χ0) is 13.1. The standard InChI is InChI=1S/C12H20N2O2S/c1-5-9-6-10(12(3,4)7-15)17-11(14-9)13-8(2)16/h6,9,15H,5,7H2,1-4H3,(H,13,14,16). The molecule has 0 aromatic rings. The van der Waals surface area contributed by atoms with Gasteiger partial charge in [-0.25, -0.2) is 0 Å². The molecule has 1 aliphatic heterocycles. The van der Waals surface area contributed by atoms with Crippen molar-refractivity contribution in [3.8, 4) is 0 Å². The third kappa shape index (κ3) is 3.85. The van der Waals surface area contributed by atoms with Crippen LogP contribution in [-0.2, 0) is 4.79 Å². The van der Waals surface area contributed by atoms with Crippen LogP contribution in [0, 0.1) is 5.41 Å². The lowest BCUT2D eigenvalue weighted by Crippen LogP contribution is -2.31. The maximum atomic E-state index is 11.1. The fraction of sp³-hybridized carbons (Fsp3) is 0.667. The van der Waals surface area contributed by atoms with E-state index in [4.69, 9.17) is 0 Å². The fourth-order valence-electron chi connectivity index (χ4n) is 1.39. The van der Waals surface area contributed by atoms with Gasteiger partial charge in [-0.3, -0.25) is 9.79 Å². The molecular weight excluding hydrogens is 236 g/mol. The normalized spacial score (nSPS) is 20.6. The maximum Gasteiger partial charge on any atom is 0.222 e. The van der Waals surface area contributed by atoms with Gasteiger partial charge in [-0.2, -0.15) is 0 Å². The Hall–Kier alpha value is -0.810. The predicted molar refractivity (Wildman–Crippen MR) is 71.9 cm³/mol. The lowest BCUT2D eigenvalue weighted by molar-refractivity contribution is -0.117. The van der Waals surface area contributed by atoms with Gasteiger partial charge >= 0.3 is 0 Å². The molecule has 96 valence electrons. The van der Waals surface area contributed by atoms with Crippen molar-refractivity contribution in [3.63, 3.8) is 0 Å². The van der Waals surface area contributed by atoms with Crippen molar-refractivity contribution in [3.05, 3.63) is 11.0 Å². The highest BCUT2D eigenvalue weighted by atomic mass is 32.2. The molecule has 0 saturated heterocycles. The smallest absolute Gasteiger partial charge is 0.222 e. The van der Waals surface area contributed by atoms with E-state index in [1.807, 2.05) is 13.8 Å². The number of hydrogen-bond acceptors (Lipinski definition) is 4. The first-order valence-electron chi connectivity index (χ1n) is 5.75. The summed E-state index contributed by atoms with van der Waals surface area (Å²) in [6, 6.07) is 0.0823. The van der Waals surface area contributed by atoms with Crippen LogP contribution in [-0.4, -0.2) is 28.8 Å². The predicted octanol–water partition coefficient (Wildman–Crippen LogP) is 1.91. The van der Waals surface area contributed by atoms with E-state index >= 15 is 0 Å².